The van der Waals surface area contributed by atoms with Gasteiger partial charge in [-0.05, 0) is 24.6 Å². The molecule has 6 heteroatoms. The zero-order chi connectivity index (χ0) is 14.8. The number of anilines is 1. The molecule has 1 fully saturated rings. The summed E-state index contributed by atoms with van der Waals surface area (Å²) in [7, 11) is 1.41. The van der Waals surface area contributed by atoms with Gasteiger partial charge in [-0.3, -0.25) is 0 Å². The molecule has 4 nitrogen and oxygen atoms in total. The lowest BCUT2D eigenvalue weighted by Gasteiger charge is -2.40. The number of rotatable bonds is 5. The molecule has 1 unspecified atom stereocenters. The van der Waals surface area contributed by atoms with E-state index in [1.165, 1.54) is 7.11 Å². The van der Waals surface area contributed by atoms with Crippen molar-refractivity contribution in [2.45, 2.75) is 19.0 Å². The summed E-state index contributed by atoms with van der Waals surface area (Å²) in [5.41, 5.74) is 1.25. The van der Waals surface area contributed by atoms with Crippen molar-refractivity contribution in [1.29, 1.82) is 0 Å². The molecule has 1 aliphatic heterocycles. The third-order valence-electron chi connectivity index (χ3n) is 3.12. The van der Waals surface area contributed by atoms with E-state index in [0.717, 1.165) is 0 Å². The molecule has 0 aromatic heterocycles. The standard InChI is InChI=1S/C14H17F2NO3/c1-3-20-13(18)12(19-2)10-5-4-6-11(7-10)17-8-14(15,16)9-17/h4-7,12H,3,8-9H2,1-2H3. The fraction of sp³-hybridized carbons (Fsp3) is 0.500. The van der Waals surface area contributed by atoms with E-state index in [2.05, 4.69) is 0 Å². The Kier molecular flexibility index (Phi) is 4.23. The van der Waals surface area contributed by atoms with Crippen molar-refractivity contribution in [2.24, 2.45) is 0 Å². The number of nitrogens with zero attached hydrogens (tertiary/aromatic N) is 1. The van der Waals surface area contributed by atoms with Crippen LogP contribution in [0.3, 0.4) is 0 Å². The Morgan fingerprint density at radius 2 is 2.15 bits per heavy atom. The number of methoxy groups -OCH3 is 1. The van der Waals surface area contributed by atoms with Gasteiger partial charge in [0.05, 0.1) is 19.7 Å². The van der Waals surface area contributed by atoms with Crippen molar-refractivity contribution in [3.63, 3.8) is 0 Å². The highest BCUT2D eigenvalue weighted by atomic mass is 19.3. The van der Waals surface area contributed by atoms with Gasteiger partial charge < -0.3 is 14.4 Å². The maximum absolute atomic E-state index is 12.9. The van der Waals surface area contributed by atoms with Crippen LogP contribution in [0.4, 0.5) is 14.5 Å². The van der Waals surface area contributed by atoms with Crippen LogP contribution in [0.5, 0.6) is 0 Å². The van der Waals surface area contributed by atoms with E-state index < -0.39 is 18.0 Å². The van der Waals surface area contributed by atoms with Crippen LogP contribution in [0.2, 0.25) is 0 Å². The third kappa shape index (κ3) is 3.07. The van der Waals surface area contributed by atoms with E-state index in [0.29, 0.717) is 11.3 Å². The maximum Gasteiger partial charge on any atom is 0.339 e. The average molecular weight is 285 g/mol. The molecular weight excluding hydrogens is 268 g/mol. The van der Waals surface area contributed by atoms with Gasteiger partial charge in [-0.25, -0.2) is 13.6 Å². The van der Waals surface area contributed by atoms with Crippen LogP contribution in [0.25, 0.3) is 0 Å². The van der Waals surface area contributed by atoms with Crippen LogP contribution in [-0.4, -0.2) is 38.7 Å². The first-order chi connectivity index (χ1) is 9.46. The Bertz CT molecular complexity index is 485. The molecule has 1 atom stereocenters. The molecule has 1 aromatic rings. The number of hydrogen-bond acceptors (Lipinski definition) is 4. The van der Waals surface area contributed by atoms with Crippen molar-refractivity contribution in [2.75, 3.05) is 31.7 Å². The molecule has 0 amide bonds. The van der Waals surface area contributed by atoms with Gasteiger partial charge in [-0.2, -0.15) is 0 Å². The Morgan fingerprint density at radius 1 is 1.45 bits per heavy atom. The van der Waals surface area contributed by atoms with Crippen LogP contribution in [0, 0.1) is 0 Å². The lowest BCUT2D eigenvalue weighted by molar-refractivity contribution is -0.155. The molecule has 0 aliphatic carbocycles. The number of esters is 1. The predicted molar refractivity (Wildman–Crippen MR) is 70.0 cm³/mol. The van der Waals surface area contributed by atoms with E-state index in [1.807, 2.05) is 0 Å². The first-order valence-electron chi connectivity index (χ1n) is 6.39. The van der Waals surface area contributed by atoms with E-state index in [4.69, 9.17) is 9.47 Å². The van der Waals surface area contributed by atoms with E-state index in [9.17, 15) is 13.6 Å². The summed E-state index contributed by atoms with van der Waals surface area (Å²) < 4.78 is 35.8. The average Bonchev–Trinajstić information content (AvgIpc) is 2.37. The van der Waals surface area contributed by atoms with Crippen molar-refractivity contribution >= 4 is 11.7 Å². The van der Waals surface area contributed by atoms with Crippen LogP contribution in [0.1, 0.15) is 18.6 Å². The molecule has 110 valence electrons. The summed E-state index contributed by atoms with van der Waals surface area (Å²) in [6.45, 7) is 1.38. The molecule has 1 aromatic carbocycles. The largest absolute Gasteiger partial charge is 0.464 e. The zero-order valence-corrected chi connectivity index (χ0v) is 11.4. The highest BCUT2D eigenvalue weighted by Crippen LogP contribution is 2.33. The molecule has 0 spiro atoms. The van der Waals surface area contributed by atoms with Crippen molar-refractivity contribution in [3.8, 4) is 0 Å². The Labute approximate surface area is 116 Å². The fourth-order valence-corrected chi connectivity index (χ4v) is 2.17. The Morgan fingerprint density at radius 3 is 2.70 bits per heavy atom. The summed E-state index contributed by atoms with van der Waals surface area (Å²) in [4.78, 5) is 13.3. The van der Waals surface area contributed by atoms with Crippen LogP contribution in [0.15, 0.2) is 24.3 Å². The summed E-state index contributed by atoms with van der Waals surface area (Å²) >= 11 is 0. The number of ether oxygens (including phenoxy) is 2. The summed E-state index contributed by atoms with van der Waals surface area (Å²) in [6, 6.07) is 6.84. The molecular formula is C14H17F2NO3. The van der Waals surface area contributed by atoms with Gasteiger partial charge in [0, 0.05) is 12.8 Å². The molecule has 2 rings (SSSR count). The molecule has 0 saturated carbocycles. The monoisotopic (exact) mass is 285 g/mol. The van der Waals surface area contributed by atoms with Gasteiger partial charge in [-0.1, -0.05) is 12.1 Å². The highest BCUT2D eigenvalue weighted by molar-refractivity contribution is 5.77. The topological polar surface area (TPSA) is 38.8 Å². The summed E-state index contributed by atoms with van der Waals surface area (Å²) in [6.07, 6.45) is -0.836. The molecule has 0 N–H and O–H groups in total. The number of hydrogen-bond donors (Lipinski definition) is 0. The number of halogens is 2. The molecule has 1 saturated heterocycles. The molecule has 20 heavy (non-hydrogen) atoms. The van der Waals surface area contributed by atoms with Crippen LogP contribution in [-0.2, 0) is 14.3 Å². The van der Waals surface area contributed by atoms with Crippen LogP contribution >= 0.6 is 0 Å². The second kappa shape index (κ2) is 5.75. The maximum atomic E-state index is 12.9. The van der Waals surface area contributed by atoms with Gasteiger partial charge in [0.1, 0.15) is 0 Å². The number of carbonyl (C=O) groups excluding carboxylic acids is 1. The zero-order valence-electron chi connectivity index (χ0n) is 11.4. The third-order valence-corrected chi connectivity index (χ3v) is 3.12. The second-order valence-corrected chi connectivity index (χ2v) is 4.67. The minimum Gasteiger partial charge on any atom is -0.464 e. The normalized spacial score (nSPS) is 18.3. The number of carbonyl (C=O) groups is 1. The summed E-state index contributed by atoms with van der Waals surface area (Å²) in [5.74, 6) is -3.11. The van der Waals surface area contributed by atoms with E-state index in [1.54, 1.807) is 36.1 Å². The minimum atomic E-state index is -2.63. The molecule has 0 radical (unpaired) electrons. The van der Waals surface area contributed by atoms with Crippen molar-refractivity contribution in [1.82, 2.24) is 0 Å². The van der Waals surface area contributed by atoms with Crippen LogP contribution < -0.4 is 4.90 Å². The SMILES string of the molecule is CCOC(=O)C(OC)c1cccc(N2CC(F)(F)C2)c1. The van der Waals surface area contributed by atoms with Gasteiger partial charge in [0.2, 0.25) is 0 Å². The van der Waals surface area contributed by atoms with Crippen molar-refractivity contribution in [3.05, 3.63) is 29.8 Å². The molecule has 0 bridgehead atoms. The molecule has 1 heterocycles. The smallest absolute Gasteiger partial charge is 0.339 e. The highest BCUT2D eigenvalue weighted by Gasteiger charge is 2.44. The van der Waals surface area contributed by atoms with E-state index in [-0.39, 0.29) is 19.7 Å². The minimum absolute atomic E-state index is 0.261. The predicted octanol–water partition coefficient (Wildman–Crippen LogP) is 2.39. The Balaban J connectivity index is 2.14. The summed E-state index contributed by atoms with van der Waals surface area (Å²) in [5, 5.41) is 0. The van der Waals surface area contributed by atoms with Gasteiger partial charge in [-0.15, -0.1) is 0 Å². The van der Waals surface area contributed by atoms with Gasteiger partial charge >= 0.3 is 5.97 Å². The second-order valence-electron chi connectivity index (χ2n) is 4.67. The van der Waals surface area contributed by atoms with Gasteiger partial charge in [0.25, 0.3) is 5.92 Å². The number of benzene rings is 1. The lowest BCUT2D eigenvalue weighted by atomic mass is 10.0. The van der Waals surface area contributed by atoms with E-state index >= 15 is 0 Å². The first-order valence-corrected chi connectivity index (χ1v) is 6.39. The van der Waals surface area contributed by atoms with Crippen molar-refractivity contribution < 1.29 is 23.0 Å². The lowest BCUT2D eigenvalue weighted by Crippen LogP contribution is -2.56. The number of alkyl halides is 2. The quantitative estimate of drug-likeness (QED) is 0.779. The van der Waals surface area contributed by atoms with Gasteiger partial charge in [0.15, 0.2) is 6.10 Å². The molecule has 1 aliphatic rings. The fourth-order valence-electron chi connectivity index (χ4n) is 2.17. The Hall–Kier alpha value is -1.69. The first kappa shape index (κ1) is 14.7.